The zero-order chi connectivity index (χ0) is 14.8. The molecule has 0 bridgehead atoms. The molecule has 0 unspecified atom stereocenters. The summed E-state index contributed by atoms with van der Waals surface area (Å²) in [5.74, 6) is -0.0801. The number of amides is 1. The maximum Gasteiger partial charge on any atom is 0.253 e. The minimum atomic E-state index is -0.0801. The first-order valence-electron chi connectivity index (χ1n) is 6.82. The van der Waals surface area contributed by atoms with E-state index in [0.29, 0.717) is 18.7 Å². The number of methoxy groups -OCH3 is 1. The molecule has 0 aliphatic heterocycles. The summed E-state index contributed by atoms with van der Waals surface area (Å²) in [6.07, 6.45) is 3.30. The van der Waals surface area contributed by atoms with E-state index >= 15 is 0 Å². The van der Waals surface area contributed by atoms with Gasteiger partial charge in [0.05, 0.1) is 24.1 Å². The SMILES string of the molecule is CCNc1cnccc1C(=O)NCCN(C)CCOC. The van der Waals surface area contributed by atoms with Crippen LogP contribution < -0.4 is 10.6 Å². The molecule has 1 heterocycles. The van der Waals surface area contributed by atoms with Gasteiger partial charge in [-0.3, -0.25) is 9.78 Å². The fourth-order valence-corrected chi connectivity index (χ4v) is 1.74. The molecule has 1 aromatic rings. The van der Waals surface area contributed by atoms with Gasteiger partial charge in [0.15, 0.2) is 0 Å². The smallest absolute Gasteiger partial charge is 0.253 e. The van der Waals surface area contributed by atoms with E-state index < -0.39 is 0 Å². The molecular weight excluding hydrogens is 256 g/mol. The third-order valence-electron chi connectivity index (χ3n) is 2.89. The lowest BCUT2D eigenvalue weighted by Crippen LogP contribution is -2.34. The molecule has 0 fully saturated rings. The van der Waals surface area contributed by atoms with Crippen molar-refractivity contribution in [3.8, 4) is 0 Å². The van der Waals surface area contributed by atoms with Gasteiger partial charge >= 0.3 is 0 Å². The van der Waals surface area contributed by atoms with Crippen LogP contribution in [-0.4, -0.2) is 62.7 Å². The Kier molecular flexibility index (Phi) is 7.60. The van der Waals surface area contributed by atoms with Crippen LogP contribution in [0.1, 0.15) is 17.3 Å². The first-order chi connectivity index (χ1) is 9.69. The number of hydrogen-bond acceptors (Lipinski definition) is 5. The number of pyridine rings is 1. The molecule has 0 aliphatic carbocycles. The van der Waals surface area contributed by atoms with Crippen LogP contribution in [0.15, 0.2) is 18.5 Å². The summed E-state index contributed by atoms with van der Waals surface area (Å²) < 4.78 is 5.01. The molecule has 0 spiro atoms. The lowest BCUT2D eigenvalue weighted by molar-refractivity contribution is 0.0948. The van der Waals surface area contributed by atoms with Crippen molar-refractivity contribution in [2.45, 2.75) is 6.92 Å². The van der Waals surface area contributed by atoms with Gasteiger partial charge in [-0.15, -0.1) is 0 Å². The summed E-state index contributed by atoms with van der Waals surface area (Å²) >= 11 is 0. The van der Waals surface area contributed by atoms with Crippen LogP contribution in [0.25, 0.3) is 0 Å². The zero-order valence-corrected chi connectivity index (χ0v) is 12.5. The Labute approximate surface area is 120 Å². The van der Waals surface area contributed by atoms with Crippen LogP contribution in [0.3, 0.4) is 0 Å². The summed E-state index contributed by atoms with van der Waals surface area (Å²) in [5.41, 5.74) is 1.39. The van der Waals surface area contributed by atoms with Crippen molar-refractivity contribution in [2.75, 3.05) is 52.3 Å². The van der Waals surface area contributed by atoms with E-state index in [2.05, 4.69) is 20.5 Å². The van der Waals surface area contributed by atoms with Crippen LogP contribution in [-0.2, 0) is 4.74 Å². The largest absolute Gasteiger partial charge is 0.383 e. The third-order valence-corrected chi connectivity index (χ3v) is 2.89. The van der Waals surface area contributed by atoms with Crippen molar-refractivity contribution in [3.05, 3.63) is 24.0 Å². The van der Waals surface area contributed by atoms with Gasteiger partial charge in [-0.1, -0.05) is 0 Å². The predicted octanol–water partition coefficient (Wildman–Crippen LogP) is 0.821. The van der Waals surface area contributed by atoms with Crippen molar-refractivity contribution in [2.24, 2.45) is 0 Å². The second kappa shape index (κ2) is 9.28. The average Bonchev–Trinajstić information content (AvgIpc) is 2.46. The molecule has 20 heavy (non-hydrogen) atoms. The molecule has 1 amide bonds. The second-order valence-electron chi connectivity index (χ2n) is 4.50. The standard InChI is InChI=1S/C14H24N4O2/c1-4-16-13-11-15-6-5-12(13)14(19)17-7-8-18(2)9-10-20-3/h5-6,11,16H,4,7-10H2,1-3H3,(H,17,19). The molecule has 0 aliphatic rings. The number of ether oxygens (including phenoxy) is 1. The van der Waals surface area contributed by atoms with Gasteiger partial charge in [0.2, 0.25) is 0 Å². The Balaban J connectivity index is 2.43. The maximum absolute atomic E-state index is 12.1. The molecule has 0 saturated carbocycles. The number of rotatable bonds is 9. The van der Waals surface area contributed by atoms with E-state index in [9.17, 15) is 4.79 Å². The monoisotopic (exact) mass is 280 g/mol. The Hall–Kier alpha value is -1.66. The number of nitrogens with one attached hydrogen (secondary N) is 2. The molecule has 2 N–H and O–H groups in total. The molecule has 1 rings (SSSR count). The van der Waals surface area contributed by atoms with Gasteiger partial charge in [-0.25, -0.2) is 0 Å². The summed E-state index contributed by atoms with van der Waals surface area (Å²) in [6.45, 7) is 5.68. The number of anilines is 1. The highest BCUT2D eigenvalue weighted by Gasteiger charge is 2.10. The molecule has 0 saturated heterocycles. The van der Waals surface area contributed by atoms with E-state index in [4.69, 9.17) is 4.74 Å². The highest BCUT2D eigenvalue weighted by Crippen LogP contribution is 2.12. The van der Waals surface area contributed by atoms with Gasteiger partial charge < -0.3 is 20.3 Å². The zero-order valence-electron chi connectivity index (χ0n) is 12.5. The topological polar surface area (TPSA) is 66.5 Å². The summed E-state index contributed by atoms with van der Waals surface area (Å²) in [7, 11) is 3.68. The van der Waals surface area contributed by atoms with E-state index in [0.717, 1.165) is 25.3 Å². The fraction of sp³-hybridized carbons (Fsp3) is 0.571. The molecule has 6 heteroatoms. The minimum Gasteiger partial charge on any atom is -0.383 e. The predicted molar refractivity (Wildman–Crippen MR) is 80.1 cm³/mol. The number of hydrogen-bond donors (Lipinski definition) is 2. The third kappa shape index (κ3) is 5.54. The van der Waals surface area contributed by atoms with Crippen molar-refractivity contribution in [1.29, 1.82) is 0 Å². The van der Waals surface area contributed by atoms with Crippen LogP contribution in [0.4, 0.5) is 5.69 Å². The number of carbonyl (C=O) groups is 1. The highest BCUT2D eigenvalue weighted by molar-refractivity contribution is 5.99. The van der Waals surface area contributed by atoms with Crippen LogP contribution in [0.2, 0.25) is 0 Å². The molecule has 0 atom stereocenters. The van der Waals surface area contributed by atoms with E-state index in [1.165, 1.54) is 0 Å². The highest BCUT2D eigenvalue weighted by atomic mass is 16.5. The normalized spacial score (nSPS) is 10.6. The average molecular weight is 280 g/mol. The minimum absolute atomic E-state index is 0.0801. The molecular formula is C14H24N4O2. The lowest BCUT2D eigenvalue weighted by Gasteiger charge is -2.16. The Morgan fingerprint density at radius 2 is 2.25 bits per heavy atom. The molecule has 6 nitrogen and oxygen atoms in total. The van der Waals surface area contributed by atoms with E-state index in [1.54, 1.807) is 25.6 Å². The van der Waals surface area contributed by atoms with Crippen LogP contribution in [0.5, 0.6) is 0 Å². The van der Waals surface area contributed by atoms with Crippen molar-refractivity contribution >= 4 is 11.6 Å². The fourth-order valence-electron chi connectivity index (χ4n) is 1.74. The molecule has 1 aromatic heterocycles. The van der Waals surface area contributed by atoms with Crippen LogP contribution in [0, 0.1) is 0 Å². The van der Waals surface area contributed by atoms with Crippen molar-refractivity contribution in [1.82, 2.24) is 15.2 Å². The Morgan fingerprint density at radius 1 is 1.45 bits per heavy atom. The molecule has 0 radical (unpaired) electrons. The number of carbonyl (C=O) groups excluding carboxylic acids is 1. The first-order valence-corrected chi connectivity index (χ1v) is 6.82. The summed E-state index contributed by atoms with van der Waals surface area (Å²) in [5, 5.41) is 6.05. The summed E-state index contributed by atoms with van der Waals surface area (Å²) in [6, 6.07) is 1.72. The Morgan fingerprint density at radius 3 is 2.95 bits per heavy atom. The van der Waals surface area contributed by atoms with Gasteiger partial charge in [-0.2, -0.15) is 0 Å². The quantitative estimate of drug-likeness (QED) is 0.701. The number of aromatic nitrogens is 1. The van der Waals surface area contributed by atoms with Crippen molar-refractivity contribution in [3.63, 3.8) is 0 Å². The van der Waals surface area contributed by atoms with Gasteiger partial charge in [0.25, 0.3) is 5.91 Å². The number of nitrogens with zero attached hydrogens (tertiary/aromatic N) is 2. The summed E-state index contributed by atoms with van der Waals surface area (Å²) in [4.78, 5) is 18.3. The van der Waals surface area contributed by atoms with Gasteiger partial charge in [0, 0.05) is 39.5 Å². The number of likely N-dealkylation sites (N-methyl/N-ethyl adjacent to an activating group) is 1. The second-order valence-corrected chi connectivity index (χ2v) is 4.50. The lowest BCUT2D eigenvalue weighted by atomic mass is 10.2. The van der Waals surface area contributed by atoms with Gasteiger partial charge in [-0.05, 0) is 20.0 Å². The molecule has 112 valence electrons. The Bertz CT molecular complexity index is 412. The van der Waals surface area contributed by atoms with Crippen molar-refractivity contribution < 1.29 is 9.53 Å². The van der Waals surface area contributed by atoms with E-state index in [1.807, 2.05) is 14.0 Å². The molecule has 0 aromatic carbocycles. The van der Waals surface area contributed by atoms with Gasteiger partial charge in [0.1, 0.15) is 0 Å². The first kappa shape index (κ1) is 16.4. The van der Waals surface area contributed by atoms with Crippen LogP contribution >= 0.6 is 0 Å². The maximum atomic E-state index is 12.1. The van der Waals surface area contributed by atoms with E-state index in [-0.39, 0.29) is 5.91 Å².